The van der Waals surface area contributed by atoms with E-state index < -0.39 is 0 Å². The first-order chi connectivity index (χ1) is 21.1. The van der Waals surface area contributed by atoms with E-state index in [-0.39, 0.29) is 67.6 Å². The summed E-state index contributed by atoms with van der Waals surface area (Å²) in [6.45, 7) is 8.31. The number of aromatic nitrogens is 1. The molecule has 1 aliphatic rings. The number of pyridine rings is 1. The van der Waals surface area contributed by atoms with Gasteiger partial charge in [-0.1, -0.05) is 39.8 Å². The average molecular weight is 612 g/mol. The molecule has 0 aliphatic carbocycles. The SMILES string of the molecule is CC(C)C[C@@H](CO)NC(=O)CN1CCCCCOc2ccccc2N(CC(=O)N[C@H](CO)CC(C)C)c2cncc(c2)C1=O. The number of rotatable bonds is 12. The number of nitrogens with one attached hydrogen (secondary N) is 2. The van der Waals surface area contributed by atoms with Crippen molar-refractivity contribution in [2.75, 3.05) is 44.4 Å². The highest BCUT2D eigenvalue weighted by Crippen LogP contribution is 2.34. The van der Waals surface area contributed by atoms with Crippen LogP contribution < -0.4 is 20.3 Å². The maximum absolute atomic E-state index is 13.8. The van der Waals surface area contributed by atoms with Gasteiger partial charge in [0.25, 0.3) is 5.91 Å². The summed E-state index contributed by atoms with van der Waals surface area (Å²) in [5.74, 6) is 0.210. The molecule has 3 rings (SSSR count). The number of para-hydroxylation sites is 2. The van der Waals surface area contributed by atoms with Crippen LogP contribution in [-0.4, -0.2) is 89.4 Å². The quantitative estimate of drug-likeness (QED) is 0.286. The number of hydrogen-bond donors (Lipinski definition) is 4. The van der Waals surface area contributed by atoms with Gasteiger partial charge in [-0.05, 0) is 62.1 Å². The molecule has 1 aliphatic heterocycles. The number of fused-ring (bicyclic) bond motifs is 3. The minimum atomic E-state index is -0.384. The van der Waals surface area contributed by atoms with Crippen LogP contribution in [-0.2, 0) is 9.59 Å². The number of aliphatic hydroxyl groups is 2. The number of benzene rings is 1. The molecule has 2 heterocycles. The minimum absolute atomic E-state index is 0.0984. The number of carbonyl (C=O) groups excluding carboxylic acids is 3. The molecule has 0 saturated heterocycles. The summed E-state index contributed by atoms with van der Waals surface area (Å²) < 4.78 is 6.17. The van der Waals surface area contributed by atoms with Crippen LogP contribution in [0, 0.1) is 11.8 Å². The van der Waals surface area contributed by atoms with Gasteiger partial charge in [0.15, 0.2) is 0 Å². The molecule has 3 amide bonds. The van der Waals surface area contributed by atoms with Gasteiger partial charge in [-0.25, -0.2) is 0 Å². The van der Waals surface area contributed by atoms with Crippen LogP contribution in [0.2, 0.25) is 0 Å². The first-order valence-corrected chi connectivity index (χ1v) is 15.6. The summed E-state index contributed by atoms with van der Waals surface area (Å²) >= 11 is 0. The first kappa shape index (κ1) is 34.8. The number of ether oxygens (including phenoxy) is 1. The van der Waals surface area contributed by atoms with Crippen molar-refractivity contribution >= 4 is 29.1 Å². The summed E-state index contributed by atoms with van der Waals surface area (Å²) in [5.41, 5.74) is 1.43. The fourth-order valence-electron chi connectivity index (χ4n) is 5.37. The van der Waals surface area contributed by atoms with E-state index in [4.69, 9.17) is 4.74 Å². The Hall–Kier alpha value is -3.70. The number of anilines is 2. The van der Waals surface area contributed by atoms with E-state index in [1.54, 1.807) is 17.2 Å². The topological polar surface area (TPSA) is 144 Å². The highest BCUT2D eigenvalue weighted by Gasteiger charge is 2.25. The molecule has 242 valence electrons. The van der Waals surface area contributed by atoms with Crippen LogP contribution in [0.1, 0.15) is 70.2 Å². The fraction of sp³-hybridized carbons (Fsp3) is 0.576. The average Bonchev–Trinajstić information content (AvgIpc) is 2.99. The van der Waals surface area contributed by atoms with Crippen LogP contribution in [0.15, 0.2) is 42.7 Å². The molecule has 2 atom stereocenters. The van der Waals surface area contributed by atoms with Crippen LogP contribution >= 0.6 is 0 Å². The Bertz CT molecular complexity index is 1220. The second-order valence-electron chi connectivity index (χ2n) is 12.3. The molecule has 4 N–H and O–H groups in total. The number of hydrogen-bond acceptors (Lipinski definition) is 8. The Labute approximate surface area is 261 Å². The van der Waals surface area contributed by atoms with Crippen molar-refractivity contribution in [3.63, 3.8) is 0 Å². The van der Waals surface area contributed by atoms with Crippen LogP contribution in [0.3, 0.4) is 0 Å². The van der Waals surface area contributed by atoms with E-state index in [0.29, 0.717) is 55.5 Å². The molecular weight excluding hydrogens is 562 g/mol. The standard InChI is InChI=1S/C33H49N5O6/c1-23(2)14-26(21-39)35-31(41)19-37-12-8-5-9-13-44-30-11-7-6-10-29(30)38(28-16-25(33(37)43)17-34-18-28)20-32(42)36-27(22-40)15-24(3)4/h6-7,10-11,16-18,23-24,26-27,39-40H,5,8-9,12-15,19-22H2,1-4H3,(H,35,41)(H,36,42)/t26-,27-/m0/s1. The highest BCUT2D eigenvalue weighted by molar-refractivity contribution is 5.97. The summed E-state index contributed by atoms with van der Waals surface area (Å²) in [4.78, 5) is 47.7. The lowest BCUT2D eigenvalue weighted by Crippen LogP contribution is -2.46. The van der Waals surface area contributed by atoms with E-state index in [1.165, 1.54) is 11.1 Å². The lowest BCUT2D eigenvalue weighted by atomic mass is 10.0. The molecular formula is C33H49N5O6. The molecule has 1 aromatic carbocycles. The van der Waals surface area contributed by atoms with Crippen LogP contribution in [0.5, 0.6) is 5.75 Å². The van der Waals surface area contributed by atoms with Gasteiger partial charge in [0.1, 0.15) is 12.3 Å². The lowest BCUT2D eigenvalue weighted by Gasteiger charge is -2.29. The van der Waals surface area contributed by atoms with Crippen molar-refractivity contribution in [3.8, 4) is 5.75 Å². The second kappa shape index (κ2) is 17.6. The number of aliphatic hydroxyl groups excluding tert-OH is 2. The van der Waals surface area contributed by atoms with E-state index in [2.05, 4.69) is 15.6 Å². The van der Waals surface area contributed by atoms with Crippen LogP contribution in [0.25, 0.3) is 0 Å². The van der Waals surface area contributed by atoms with Crippen molar-refractivity contribution < 1.29 is 29.3 Å². The maximum atomic E-state index is 13.8. The smallest absolute Gasteiger partial charge is 0.255 e. The molecule has 44 heavy (non-hydrogen) atoms. The normalized spacial score (nSPS) is 15.7. The summed E-state index contributed by atoms with van der Waals surface area (Å²) in [6, 6.07) is 8.33. The largest absolute Gasteiger partial charge is 0.491 e. The van der Waals surface area contributed by atoms with E-state index in [0.717, 1.165) is 12.8 Å². The van der Waals surface area contributed by atoms with E-state index in [9.17, 15) is 24.6 Å². The van der Waals surface area contributed by atoms with Crippen molar-refractivity contribution in [2.45, 2.75) is 71.9 Å². The second-order valence-corrected chi connectivity index (χ2v) is 12.3. The molecule has 11 heteroatoms. The zero-order chi connectivity index (χ0) is 32.1. The Morgan fingerprint density at radius 1 is 0.909 bits per heavy atom. The minimum Gasteiger partial charge on any atom is -0.491 e. The Kier molecular flexibility index (Phi) is 13.9. The molecule has 0 fully saturated rings. The lowest BCUT2D eigenvalue weighted by molar-refractivity contribution is -0.123. The molecule has 11 nitrogen and oxygen atoms in total. The third-order valence-electron chi connectivity index (χ3n) is 7.37. The molecule has 0 saturated carbocycles. The van der Waals surface area contributed by atoms with Crippen molar-refractivity contribution in [1.82, 2.24) is 20.5 Å². The van der Waals surface area contributed by atoms with Gasteiger partial charge in [-0.15, -0.1) is 0 Å². The molecule has 1 aromatic heterocycles. The Morgan fingerprint density at radius 3 is 2.18 bits per heavy atom. The van der Waals surface area contributed by atoms with Gasteiger partial charge in [0.05, 0.1) is 61.6 Å². The third kappa shape index (κ3) is 10.8. The van der Waals surface area contributed by atoms with Gasteiger partial charge in [-0.3, -0.25) is 19.4 Å². The first-order valence-electron chi connectivity index (χ1n) is 15.6. The van der Waals surface area contributed by atoms with Crippen LogP contribution in [0.4, 0.5) is 11.4 Å². The number of nitrogens with zero attached hydrogens (tertiary/aromatic N) is 3. The predicted molar refractivity (Wildman–Crippen MR) is 170 cm³/mol. The van der Waals surface area contributed by atoms with Gasteiger partial charge < -0.3 is 35.4 Å². The third-order valence-corrected chi connectivity index (χ3v) is 7.37. The van der Waals surface area contributed by atoms with Crippen molar-refractivity contribution in [2.24, 2.45) is 11.8 Å². The molecule has 0 spiro atoms. The van der Waals surface area contributed by atoms with Crippen molar-refractivity contribution in [1.29, 1.82) is 0 Å². The molecule has 2 aromatic rings. The van der Waals surface area contributed by atoms with Gasteiger partial charge in [0.2, 0.25) is 11.8 Å². The Balaban J connectivity index is 1.93. The predicted octanol–water partition coefficient (Wildman–Crippen LogP) is 3.27. The highest BCUT2D eigenvalue weighted by atomic mass is 16.5. The molecule has 2 bridgehead atoms. The number of carbonyl (C=O) groups is 3. The van der Waals surface area contributed by atoms with Gasteiger partial charge in [0, 0.05) is 12.7 Å². The van der Waals surface area contributed by atoms with E-state index >= 15 is 0 Å². The monoisotopic (exact) mass is 611 g/mol. The summed E-state index contributed by atoms with van der Waals surface area (Å²) in [5, 5.41) is 25.4. The fourth-order valence-corrected chi connectivity index (χ4v) is 5.37. The van der Waals surface area contributed by atoms with Gasteiger partial charge >= 0.3 is 0 Å². The summed E-state index contributed by atoms with van der Waals surface area (Å²) in [7, 11) is 0. The molecule has 0 radical (unpaired) electrons. The summed E-state index contributed by atoms with van der Waals surface area (Å²) in [6.07, 6.45) is 6.51. The zero-order valence-electron chi connectivity index (χ0n) is 26.5. The van der Waals surface area contributed by atoms with Crippen molar-refractivity contribution in [3.05, 3.63) is 48.3 Å². The Morgan fingerprint density at radius 2 is 1.55 bits per heavy atom. The molecule has 0 unspecified atom stereocenters. The maximum Gasteiger partial charge on any atom is 0.255 e. The van der Waals surface area contributed by atoms with Gasteiger partial charge in [-0.2, -0.15) is 0 Å². The number of amides is 3. The van der Waals surface area contributed by atoms with E-state index in [1.807, 2.05) is 52.0 Å². The zero-order valence-corrected chi connectivity index (χ0v) is 26.5.